The van der Waals surface area contributed by atoms with Crippen LogP contribution in [-0.4, -0.2) is 44.7 Å². The van der Waals surface area contributed by atoms with Crippen molar-refractivity contribution in [3.8, 4) is 28.4 Å². The number of carbonyl (C=O) groups excluding carboxylic acids is 1. The van der Waals surface area contributed by atoms with Crippen LogP contribution in [0.2, 0.25) is 0 Å². The van der Waals surface area contributed by atoms with Crippen molar-refractivity contribution in [3.63, 3.8) is 0 Å². The van der Waals surface area contributed by atoms with E-state index in [1.165, 1.54) is 17.2 Å². The normalized spacial score (nSPS) is 12.5. The summed E-state index contributed by atoms with van der Waals surface area (Å²) in [6, 6.07) is 15.6. The number of carbonyl (C=O) groups is 1. The second kappa shape index (κ2) is 10.0. The van der Waals surface area contributed by atoms with Gasteiger partial charge in [0.25, 0.3) is 0 Å². The molecule has 6 nitrogen and oxygen atoms in total. The van der Waals surface area contributed by atoms with E-state index in [1.807, 2.05) is 37.2 Å². The maximum Gasteiger partial charge on any atom is 0.231 e. The highest BCUT2D eigenvalue weighted by molar-refractivity contribution is 6.09. The number of allylic oxidation sites excluding steroid dienone is 1. The van der Waals surface area contributed by atoms with Crippen molar-refractivity contribution >= 4 is 17.5 Å². The third kappa shape index (κ3) is 5.41. The Balaban J connectivity index is 1.66. The Bertz CT molecular complexity index is 1230. The Hall–Kier alpha value is -3.77. The third-order valence-electron chi connectivity index (χ3n) is 5.59. The van der Waals surface area contributed by atoms with E-state index in [4.69, 9.17) is 19.9 Å². The van der Waals surface area contributed by atoms with Crippen LogP contribution in [0.4, 0.5) is 5.69 Å². The highest BCUT2D eigenvalue weighted by Crippen LogP contribution is 2.36. The molecule has 34 heavy (non-hydrogen) atoms. The number of ketones is 1. The predicted molar refractivity (Wildman–Crippen MR) is 136 cm³/mol. The van der Waals surface area contributed by atoms with Crippen molar-refractivity contribution in [1.29, 1.82) is 0 Å². The average Bonchev–Trinajstić information content (AvgIpc) is 3.23. The first-order chi connectivity index (χ1) is 16.3. The minimum atomic E-state index is -0.164. The van der Waals surface area contributed by atoms with E-state index in [-0.39, 0.29) is 12.6 Å². The standard InChI is InChI=1S/C28H30N2O4/c1-18-11-19(2)13-22(12-18)20-6-8-26(32-10-9-30(3)4)23(14-20)25(31)7-5-21-15-27-28(16-24(21)29)34-17-33-27/h5-8,11-16H,9-10,17,29H2,1-4H3/b7-5+. The molecule has 3 aromatic carbocycles. The number of nitrogens with two attached hydrogens (primary N) is 1. The van der Waals surface area contributed by atoms with Gasteiger partial charge in [-0.1, -0.05) is 35.4 Å². The summed E-state index contributed by atoms with van der Waals surface area (Å²) in [5, 5.41) is 0. The van der Waals surface area contributed by atoms with Crippen LogP contribution in [0.5, 0.6) is 17.2 Å². The van der Waals surface area contributed by atoms with Gasteiger partial charge in [-0.15, -0.1) is 0 Å². The molecule has 3 aromatic rings. The van der Waals surface area contributed by atoms with Crippen LogP contribution in [0.15, 0.2) is 54.6 Å². The highest BCUT2D eigenvalue weighted by atomic mass is 16.7. The lowest BCUT2D eigenvalue weighted by Gasteiger charge is -2.15. The zero-order chi connectivity index (χ0) is 24.2. The van der Waals surface area contributed by atoms with Crippen LogP contribution < -0.4 is 19.9 Å². The maximum absolute atomic E-state index is 13.3. The molecule has 1 heterocycles. The molecule has 0 saturated heterocycles. The Morgan fingerprint density at radius 3 is 2.41 bits per heavy atom. The number of fused-ring (bicyclic) bond motifs is 1. The molecule has 1 aliphatic rings. The number of hydrogen-bond donors (Lipinski definition) is 1. The van der Waals surface area contributed by atoms with Gasteiger partial charge in [0.05, 0.1) is 5.56 Å². The van der Waals surface area contributed by atoms with E-state index in [9.17, 15) is 4.79 Å². The fourth-order valence-corrected chi connectivity index (χ4v) is 3.88. The molecule has 0 unspecified atom stereocenters. The molecule has 1 aliphatic heterocycles. The molecular formula is C28H30N2O4. The first-order valence-corrected chi connectivity index (χ1v) is 11.2. The zero-order valence-electron chi connectivity index (χ0n) is 20.1. The van der Waals surface area contributed by atoms with Crippen LogP contribution in [0, 0.1) is 13.8 Å². The topological polar surface area (TPSA) is 74.0 Å². The van der Waals surface area contributed by atoms with E-state index in [0.717, 1.165) is 17.7 Å². The van der Waals surface area contributed by atoms with E-state index in [1.54, 1.807) is 18.2 Å². The summed E-state index contributed by atoms with van der Waals surface area (Å²) in [6.07, 6.45) is 3.22. The lowest BCUT2D eigenvalue weighted by Crippen LogP contribution is -2.20. The zero-order valence-corrected chi connectivity index (χ0v) is 20.1. The average molecular weight is 459 g/mol. The number of hydrogen-bond acceptors (Lipinski definition) is 6. The van der Waals surface area contributed by atoms with E-state index in [0.29, 0.717) is 40.7 Å². The van der Waals surface area contributed by atoms with Crippen LogP contribution >= 0.6 is 0 Å². The van der Waals surface area contributed by atoms with Gasteiger partial charge < -0.3 is 24.8 Å². The van der Waals surface area contributed by atoms with Gasteiger partial charge in [0.2, 0.25) is 6.79 Å². The number of anilines is 1. The Kier molecular flexibility index (Phi) is 6.89. The van der Waals surface area contributed by atoms with Crippen molar-refractivity contribution < 1.29 is 19.0 Å². The first-order valence-electron chi connectivity index (χ1n) is 11.2. The summed E-state index contributed by atoms with van der Waals surface area (Å²) in [6.45, 7) is 5.53. The Morgan fingerprint density at radius 2 is 1.71 bits per heavy atom. The van der Waals surface area contributed by atoms with Gasteiger partial charge in [-0.3, -0.25) is 4.79 Å². The smallest absolute Gasteiger partial charge is 0.231 e. The minimum absolute atomic E-state index is 0.164. The number of aryl methyl sites for hydroxylation is 2. The SMILES string of the molecule is Cc1cc(C)cc(-c2ccc(OCCN(C)C)c(C(=O)/C=C/c3cc4c(cc3N)OCO4)c2)c1. The summed E-state index contributed by atoms with van der Waals surface area (Å²) in [5.74, 6) is 1.62. The molecule has 2 N–H and O–H groups in total. The number of likely N-dealkylation sites (N-methyl/N-ethyl adjacent to an activating group) is 1. The summed E-state index contributed by atoms with van der Waals surface area (Å²) in [5.41, 5.74) is 12.2. The van der Waals surface area contributed by atoms with Gasteiger partial charge in [-0.25, -0.2) is 0 Å². The number of nitrogen functional groups attached to an aromatic ring is 1. The van der Waals surface area contributed by atoms with E-state index >= 15 is 0 Å². The lowest BCUT2D eigenvalue weighted by molar-refractivity contribution is 0.104. The quantitative estimate of drug-likeness (QED) is 0.287. The predicted octanol–water partition coefficient (Wildman–Crippen LogP) is 5.12. The molecular weight excluding hydrogens is 428 g/mol. The van der Waals surface area contributed by atoms with Crippen LogP contribution in [0.25, 0.3) is 17.2 Å². The summed E-state index contributed by atoms with van der Waals surface area (Å²) < 4.78 is 16.8. The number of nitrogens with zero attached hydrogens (tertiary/aromatic N) is 1. The first kappa shape index (κ1) is 23.4. The molecule has 0 aromatic heterocycles. The number of ether oxygens (including phenoxy) is 3. The molecule has 176 valence electrons. The van der Waals surface area contributed by atoms with Gasteiger partial charge >= 0.3 is 0 Å². The monoisotopic (exact) mass is 458 g/mol. The van der Waals surface area contributed by atoms with Crippen molar-refractivity contribution in [1.82, 2.24) is 4.90 Å². The van der Waals surface area contributed by atoms with Crippen molar-refractivity contribution in [2.24, 2.45) is 0 Å². The number of rotatable bonds is 8. The van der Waals surface area contributed by atoms with Gasteiger partial charge in [0.1, 0.15) is 12.4 Å². The number of benzene rings is 3. The maximum atomic E-state index is 13.3. The molecule has 4 rings (SSSR count). The largest absolute Gasteiger partial charge is 0.491 e. The Morgan fingerprint density at radius 1 is 1.00 bits per heavy atom. The van der Waals surface area contributed by atoms with Crippen LogP contribution in [0.1, 0.15) is 27.0 Å². The highest BCUT2D eigenvalue weighted by Gasteiger charge is 2.16. The summed E-state index contributed by atoms with van der Waals surface area (Å²) in [4.78, 5) is 15.4. The molecule has 0 aliphatic carbocycles. The Labute approximate surface area is 200 Å². The second-order valence-electron chi connectivity index (χ2n) is 8.77. The molecule has 0 radical (unpaired) electrons. The molecule has 0 spiro atoms. The van der Waals surface area contributed by atoms with Crippen LogP contribution in [-0.2, 0) is 0 Å². The molecule has 0 bridgehead atoms. The van der Waals surface area contributed by atoms with Crippen molar-refractivity contribution in [3.05, 3.63) is 76.9 Å². The van der Waals surface area contributed by atoms with Gasteiger partial charge in [0, 0.05) is 23.9 Å². The molecule has 0 atom stereocenters. The lowest BCUT2D eigenvalue weighted by atomic mass is 9.97. The van der Waals surface area contributed by atoms with Gasteiger partial charge in [-0.2, -0.15) is 0 Å². The fraction of sp³-hybridized carbons (Fsp3) is 0.250. The molecule has 0 amide bonds. The molecule has 0 saturated carbocycles. The fourth-order valence-electron chi connectivity index (χ4n) is 3.88. The van der Waals surface area contributed by atoms with Crippen molar-refractivity contribution in [2.75, 3.05) is 39.8 Å². The van der Waals surface area contributed by atoms with Gasteiger partial charge in [-0.05, 0) is 69.4 Å². The summed E-state index contributed by atoms with van der Waals surface area (Å²) in [7, 11) is 3.97. The minimum Gasteiger partial charge on any atom is -0.491 e. The van der Waals surface area contributed by atoms with E-state index in [2.05, 4.69) is 32.0 Å². The van der Waals surface area contributed by atoms with Gasteiger partial charge in [0.15, 0.2) is 17.3 Å². The molecule has 6 heteroatoms. The van der Waals surface area contributed by atoms with Crippen molar-refractivity contribution in [2.45, 2.75) is 13.8 Å². The second-order valence-corrected chi connectivity index (χ2v) is 8.77. The van der Waals surface area contributed by atoms with Crippen LogP contribution in [0.3, 0.4) is 0 Å². The summed E-state index contributed by atoms with van der Waals surface area (Å²) >= 11 is 0. The van der Waals surface area contributed by atoms with E-state index < -0.39 is 0 Å². The third-order valence-corrected chi connectivity index (χ3v) is 5.59. The molecule has 0 fully saturated rings.